The minimum atomic E-state index is -2.20. The second-order valence-corrected chi connectivity index (χ2v) is 9.46. The van der Waals surface area contributed by atoms with Crippen molar-refractivity contribution in [1.29, 1.82) is 0 Å². The number of carboxylic acid groups (broad SMARTS) is 1. The molecule has 8 nitrogen and oxygen atoms in total. The summed E-state index contributed by atoms with van der Waals surface area (Å²) in [6.45, 7) is 4.02. The van der Waals surface area contributed by atoms with Gasteiger partial charge in [-0.1, -0.05) is 80.6 Å². The van der Waals surface area contributed by atoms with E-state index in [0.29, 0.717) is 5.56 Å². The fraction of sp³-hybridized carbons (Fsp3) is 0.250. The quantitative estimate of drug-likeness (QED) is 0.423. The van der Waals surface area contributed by atoms with Gasteiger partial charge in [0.2, 0.25) is 17.2 Å². The number of carbonyl (C=O) groups is 3. The molecule has 184 valence electrons. The molecular weight excluding hydrogens is 460 g/mol. The molecule has 0 radical (unpaired) electrons. The number of ketones is 1. The first-order chi connectivity index (χ1) is 17.2. The zero-order chi connectivity index (χ0) is 25.7. The van der Waals surface area contributed by atoms with Crippen molar-refractivity contribution in [1.82, 2.24) is 10.6 Å². The second kappa shape index (κ2) is 8.49. The monoisotopic (exact) mass is 486 g/mol. The molecule has 3 aromatic carbocycles. The molecule has 4 N–H and O–H groups in total. The zero-order valence-corrected chi connectivity index (χ0v) is 19.8. The third kappa shape index (κ3) is 3.45. The highest BCUT2D eigenvalue weighted by Crippen LogP contribution is 2.58. The van der Waals surface area contributed by atoms with Gasteiger partial charge in [0.25, 0.3) is 5.79 Å². The molecule has 3 aromatic rings. The standard InChI is InChI=1S/C28H26N2O6/c1-16(2)18-12-13-21-23(15-18)36-28(35)20-11-7-6-10-19(20)24(31)27(21,28)30-25(32)22(29-26(33)34)14-17-8-4-3-5-9-17/h3-13,15-16,22,29,35H,14H2,1-2H3,(H,30,32)(H,33,34)/t22-,27?,28?/m1/s1. The first-order valence-electron chi connectivity index (χ1n) is 11.7. The van der Waals surface area contributed by atoms with Crippen LogP contribution in [0, 0.1) is 0 Å². The van der Waals surface area contributed by atoms with E-state index in [2.05, 4.69) is 10.6 Å². The number of rotatable bonds is 6. The molecule has 2 unspecified atom stereocenters. The van der Waals surface area contributed by atoms with E-state index in [9.17, 15) is 24.6 Å². The molecular formula is C28H26N2O6. The second-order valence-electron chi connectivity index (χ2n) is 9.46. The zero-order valence-electron chi connectivity index (χ0n) is 19.8. The number of amides is 2. The molecule has 3 atom stereocenters. The summed E-state index contributed by atoms with van der Waals surface area (Å²) in [6, 6.07) is 19.5. The molecule has 2 aliphatic rings. The molecule has 0 fully saturated rings. The molecule has 1 aliphatic heterocycles. The fourth-order valence-corrected chi connectivity index (χ4v) is 5.11. The maximum absolute atomic E-state index is 13.9. The highest BCUT2D eigenvalue weighted by Gasteiger charge is 2.71. The van der Waals surface area contributed by atoms with Gasteiger partial charge in [-0.05, 0) is 23.1 Å². The number of nitrogens with one attached hydrogen (secondary N) is 2. The summed E-state index contributed by atoms with van der Waals surface area (Å²) in [5.74, 6) is -3.03. The molecule has 0 aromatic heterocycles. The van der Waals surface area contributed by atoms with E-state index in [-0.39, 0.29) is 29.2 Å². The number of benzene rings is 3. The summed E-state index contributed by atoms with van der Waals surface area (Å²) in [6.07, 6.45) is -1.33. The van der Waals surface area contributed by atoms with Gasteiger partial charge in [0.1, 0.15) is 11.8 Å². The fourth-order valence-electron chi connectivity index (χ4n) is 5.11. The molecule has 1 aliphatic carbocycles. The van der Waals surface area contributed by atoms with Crippen LogP contribution >= 0.6 is 0 Å². The van der Waals surface area contributed by atoms with E-state index in [1.54, 1.807) is 60.7 Å². The maximum atomic E-state index is 13.9. The predicted molar refractivity (Wildman–Crippen MR) is 131 cm³/mol. The number of Topliss-reactive ketones (excluding diaryl/α,β-unsaturated/α-hetero) is 1. The Kier molecular flexibility index (Phi) is 5.56. The van der Waals surface area contributed by atoms with Crippen LogP contribution in [0.3, 0.4) is 0 Å². The van der Waals surface area contributed by atoms with Gasteiger partial charge in [-0.2, -0.15) is 0 Å². The molecule has 1 heterocycles. The Morgan fingerprint density at radius 2 is 1.67 bits per heavy atom. The topological polar surface area (TPSA) is 125 Å². The lowest BCUT2D eigenvalue weighted by molar-refractivity contribution is -0.175. The number of hydrogen-bond acceptors (Lipinski definition) is 5. The molecule has 0 bridgehead atoms. The Morgan fingerprint density at radius 1 is 0.972 bits per heavy atom. The molecule has 0 saturated heterocycles. The summed E-state index contributed by atoms with van der Waals surface area (Å²) in [5, 5.41) is 26.4. The van der Waals surface area contributed by atoms with Crippen molar-refractivity contribution in [3.8, 4) is 5.75 Å². The van der Waals surface area contributed by atoms with Crippen LogP contribution in [0.5, 0.6) is 5.75 Å². The van der Waals surface area contributed by atoms with Crippen molar-refractivity contribution in [3.05, 3.63) is 101 Å². The van der Waals surface area contributed by atoms with Crippen molar-refractivity contribution >= 4 is 17.8 Å². The van der Waals surface area contributed by atoms with Crippen LogP contribution in [-0.2, 0) is 22.5 Å². The summed E-state index contributed by atoms with van der Waals surface area (Å²) < 4.78 is 6.07. The molecule has 36 heavy (non-hydrogen) atoms. The number of aliphatic hydroxyl groups is 1. The van der Waals surface area contributed by atoms with E-state index in [1.807, 2.05) is 26.0 Å². The first-order valence-corrected chi connectivity index (χ1v) is 11.7. The molecule has 5 rings (SSSR count). The van der Waals surface area contributed by atoms with Gasteiger partial charge < -0.3 is 25.6 Å². The predicted octanol–water partition coefficient (Wildman–Crippen LogP) is 3.43. The Labute approximate surface area is 207 Å². The summed E-state index contributed by atoms with van der Waals surface area (Å²) >= 11 is 0. The van der Waals surface area contributed by atoms with Crippen LogP contribution in [0.4, 0.5) is 4.79 Å². The van der Waals surface area contributed by atoms with Gasteiger partial charge in [-0.15, -0.1) is 0 Å². The van der Waals surface area contributed by atoms with Gasteiger partial charge in [-0.3, -0.25) is 9.59 Å². The lowest BCUT2D eigenvalue weighted by Gasteiger charge is -2.35. The van der Waals surface area contributed by atoms with Gasteiger partial charge in [0.05, 0.1) is 0 Å². The van der Waals surface area contributed by atoms with E-state index in [4.69, 9.17) is 4.74 Å². The van der Waals surface area contributed by atoms with E-state index < -0.39 is 35.2 Å². The SMILES string of the molecule is CC(C)c1ccc2c(c1)OC1(O)c3ccccc3C(=O)C21NC(=O)[C@@H](Cc1ccccc1)NC(=O)O. The summed E-state index contributed by atoms with van der Waals surface area (Å²) in [5.41, 5.74) is 0.470. The Balaban J connectivity index is 1.61. The van der Waals surface area contributed by atoms with Crippen molar-refractivity contribution in [2.75, 3.05) is 0 Å². The third-order valence-electron chi connectivity index (χ3n) is 6.93. The van der Waals surface area contributed by atoms with Crippen molar-refractivity contribution in [2.45, 2.75) is 43.6 Å². The van der Waals surface area contributed by atoms with Crippen molar-refractivity contribution in [3.63, 3.8) is 0 Å². The van der Waals surface area contributed by atoms with Crippen molar-refractivity contribution < 1.29 is 29.3 Å². The van der Waals surface area contributed by atoms with E-state index in [0.717, 1.165) is 11.1 Å². The normalized spacial score (nSPS) is 22.3. The first kappa shape index (κ1) is 23.6. The van der Waals surface area contributed by atoms with Crippen LogP contribution in [-0.4, -0.2) is 34.0 Å². The van der Waals surface area contributed by atoms with Gasteiger partial charge in [0, 0.05) is 23.1 Å². The number of carbonyl (C=O) groups excluding carboxylic acids is 2. The van der Waals surface area contributed by atoms with Crippen molar-refractivity contribution in [2.24, 2.45) is 0 Å². The van der Waals surface area contributed by atoms with Crippen LogP contribution in [0.15, 0.2) is 72.8 Å². The summed E-state index contributed by atoms with van der Waals surface area (Å²) in [7, 11) is 0. The third-order valence-corrected chi connectivity index (χ3v) is 6.93. The van der Waals surface area contributed by atoms with E-state index >= 15 is 0 Å². The highest BCUT2D eigenvalue weighted by molar-refractivity contribution is 6.12. The van der Waals surface area contributed by atoms with Crippen LogP contribution in [0.25, 0.3) is 0 Å². The lowest BCUT2D eigenvalue weighted by atomic mass is 9.82. The highest BCUT2D eigenvalue weighted by atomic mass is 16.6. The maximum Gasteiger partial charge on any atom is 0.405 e. The minimum Gasteiger partial charge on any atom is -0.465 e. The van der Waals surface area contributed by atoms with Gasteiger partial charge >= 0.3 is 6.09 Å². The Bertz CT molecular complexity index is 1370. The summed E-state index contributed by atoms with van der Waals surface area (Å²) in [4.78, 5) is 39.1. The lowest BCUT2D eigenvalue weighted by Crippen LogP contribution is -2.63. The Hall–Kier alpha value is -4.17. The van der Waals surface area contributed by atoms with Gasteiger partial charge in [-0.25, -0.2) is 4.79 Å². The number of ether oxygens (including phenoxy) is 1. The average Bonchev–Trinajstić information content (AvgIpc) is 3.21. The van der Waals surface area contributed by atoms with Crippen LogP contribution in [0.1, 0.15) is 52.4 Å². The van der Waals surface area contributed by atoms with Crippen LogP contribution < -0.4 is 15.4 Å². The molecule has 0 saturated carbocycles. The largest absolute Gasteiger partial charge is 0.465 e. The smallest absolute Gasteiger partial charge is 0.405 e. The van der Waals surface area contributed by atoms with E-state index in [1.165, 1.54) is 0 Å². The molecule has 8 heteroatoms. The number of hydrogen-bond donors (Lipinski definition) is 4. The number of fused-ring (bicyclic) bond motifs is 5. The Morgan fingerprint density at radius 3 is 2.36 bits per heavy atom. The van der Waals surface area contributed by atoms with Crippen LogP contribution in [0.2, 0.25) is 0 Å². The molecule has 0 spiro atoms. The average molecular weight is 487 g/mol. The molecule has 2 amide bonds. The minimum absolute atomic E-state index is 0.0502. The van der Waals surface area contributed by atoms with Gasteiger partial charge in [0.15, 0.2) is 0 Å².